The monoisotopic (exact) mass is 353 g/mol. The van der Waals surface area contributed by atoms with E-state index in [4.69, 9.17) is 4.74 Å². The van der Waals surface area contributed by atoms with Gasteiger partial charge in [-0.3, -0.25) is 0 Å². The summed E-state index contributed by atoms with van der Waals surface area (Å²) in [4.78, 5) is 0. The molecule has 0 amide bonds. The van der Waals surface area contributed by atoms with Crippen molar-refractivity contribution in [1.29, 1.82) is 0 Å². The minimum Gasteiger partial charge on any atom is -0.376 e. The van der Waals surface area contributed by atoms with Gasteiger partial charge in [-0.1, -0.05) is 28.1 Å². The summed E-state index contributed by atoms with van der Waals surface area (Å²) in [5.41, 5.74) is 1.37. The zero-order chi connectivity index (χ0) is 15.3. The van der Waals surface area contributed by atoms with E-state index in [1.807, 2.05) is 0 Å². The number of halogens is 1. The van der Waals surface area contributed by atoms with Crippen molar-refractivity contribution in [1.82, 2.24) is 5.32 Å². The van der Waals surface area contributed by atoms with Gasteiger partial charge in [0, 0.05) is 17.1 Å². The lowest BCUT2D eigenvalue weighted by atomic mass is 9.96. The summed E-state index contributed by atoms with van der Waals surface area (Å²) in [5.74, 6) is 0.641. The van der Waals surface area contributed by atoms with Gasteiger partial charge in [0.1, 0.15) is 0 Å². The Morgan fingerprint density at radius 1 is 1.33 bits per heavy atom. The summed E-state index contributed by atoms with van der Waals surface area (Å²) in [6, 6.07) is 9.44. The molecule has 0 heterocycles. The van der Waals surface area contributed by atoms with Gasteiger partial charge < -0.3 is 10.1 Å². The highest BCUT2D eigenvalue weighted by molar-refractivity contribution is 9.10. The molecule has 1 aromatic carbocycles. The van der Waals surface area contributed by atoms with E-state index in [1.165, 1.54) is 22.9 Å². The first-order valence-corrected chi connectivity index (χ1v) is 8.83. The van der Waals surface area contributed by atoms with E-state index in [0.717, 1.165) is 32.0 Å². The molecular formula is C18H28BrNO. The summed E-state index contributed by atoms with van der Waals surface area (Å²) < 4.78 is 7.07. The van der Waals surface area contributed by atoms with Gasteiger partial charge in [-0.25, -0.2) is 0 Å². The van der Waals surface area contributed by atoms with Crippen molar-refractivity contribution in [2.24, 2.45) is 5.92 Å². The fourth-order valence-electron chi connectivity index (χ4n) is 2.43. The lowest BCUT2D eigenvalue weighted by Crippen LogP contribution is -2.28. The molecule has 21 heavy (non-hydrogen) atoms. The number of hydrogen-bond donors (Lipinski definition) is 1. The van der Waals surface area contributed by atoms with Crippen molar-refractivity contribution in [2.75, 3.05) is 13.2 Å². The molecule has 0 aliphatic heterocycles. The van der Waals surface area contributed by atoms with Crippen LogP contribution in [0, 0.1) is 5.92 Å². The van der Waals surface area contributed by atoms with Gasteiger partial charge in [-0.2, -0.15) is 0 Å². The maximum absolute atomic E-state index is 5.91. The van der Waals surface area contributed by atoms with Gasteiger partial charge in [0.05, 0.1) is 5.60 Å². The van der Waals surface area contributed by atoms with E-state index in [2.05, 4.69) is 66.3 Å². The number of nitrogens with one attached hydrogen (secondary N) is 1. The largest absolute Gasteiger partial charge is 0.376 e. The highest BCUT2D eigenvalue weighted by Gasteiger charge is 2.22. The molecule has 2 rings (SSSR count). The first kappa shape index (κ1) is 17.0. The standard InChI is InChI=1S/C18H28BrNO/c1-18(2,3)21-10-9-15(13-20-17-7-8-17)11-14-5-4-6-16(19)12-14/h4-6,12,15,17,20H,7-11,13H2,1-3H3. The van der Waals surface area contributed by atoms with Gasteiger partial charge >= 0.3 is 0 Å². The Kier molecular flexibility index (Phi) is 6.27. The number of ether oxygens (including phenoxy) is 1. The van der Waals surface area contributed by atoms with Crippen LogP contribution in [-0.2, 0) is 11.2 Å². The van der Waals surface area contributed by atoms with E-state index < -0.39 is 0 Å². The maximum Gasteiger partial charge on any atom is 0.0598 e. The van der Waals surface area contributed by atoms with Crippen molar-refractivity contribution < 1.29 is 4.74 Å². The highest BCUT2D eigenvalue weighted by atomic mass is 79.9. The summed E-state index contributed by atoms with van der Waals surface area (Å²) >= 11 is 3.56. The van der Waals surface area contributed by atoms with Crippen LogP contribution in [-0.4, -0.2) is 24.8 Å². The van der Waals surface area contributed by atoms with Crippen LogP contribution in [0.25, 0.3) is 0 Å². The molecule has 1 saturated carbocycles. The minimum absolute atomic E-state index is 0.0375. The molecular weight excluding hydrogens is 326 g/mol. The third kappa shape index (κ3) is 7.44. The molecule has 0 aromatic heterocycles. The van der Waals surface area contributed by atoms with Gasteiger partial charge in [0.25, 0.3) is 0 Å². The second-order valence-electron chi connectivity index (χ2n) is 7.13. The van der Waals surface area contributed by atoms with Crippen LogP contribution in [0.15, 0.2) is 28.7 Å². The first-order chi connectivity index (χ1) is 9.92. The first-order valence-electron chi connectivity index (χ1n) is 8.04. The molecule has 0 bridgehead atoms. The van der Waals surface area contributed by atoms with Crippen LogP contribution < -0.4 is 5.32 Å². The number of rotatable bonds is 8. The van der Waals surface area contributed by atoms with Gasteiger partial charge in [0.2, 0.25) is 0 Å². The second-order valence-corrected chi connectivity index (χ2v) is 8.05. The highest BCUT2D eigenvalue weighted by Crippen LogP contribution is 2.21. The van der Waals surface area contributed by atoms with E-state index in [1.54, 1.807) is 0 Å². The zero-order valence-electron chi connectivity index (χ0n) is 13.5. The van der Waals surface area contributed by atoms with Gasteiger partial charge in [0.15, 0.2) is 0 Å². The van der Waals surface area contributed by atoms with Crippen LogP contribution in [0.5, 0.6) is 0 Å². The fourth-order valence-corrected chi connectivity index (χ4v) is 2.87. The molecule has 1 atom stereocenters. The Hall–Kier alpha value is -0.380. The molecule has 0 spiro atoms. The Bertz CT molecular complexity index is 437. The molecule has 3 heteroatoms. The van der Waals surface area contributed by atoms with Gasteiger partial charge in [-0.05, 0) is 76.6 Å². The van der Waals surface area contributed by atoms with Crippen LogP contribution in [0.3, 0.4) is 0 Å². The van der Waals surface area contributed by atoms with E-state index >= 15 is 0 Å². The van der Waals surface area contributed by atoms with E-state index in [-0.39, 0.29) is 5.60 Å². The third-order valence-electron chi connectivity index (χ3n) is 3.75. The molecule has 1 aliphatic rings. The van der Waals surface area contributed by atoms with E-state index in [0.29, 0.717) is 5.92 Å². The average molecular weight is 354 g/mol. The molecule has 118 valence electrons. The van der Waals surface area contributed by atoms with Crippen molar-refractivity contribution in [2.45, 2.75) is 58.1 Å². The Balaban J connectivity index is 1.84. The maximum atomic E-state index is 5.91. The molecule has 0 radical (unpaired) electrons. The molecule has 2 nitrogen and oxygen atoms in total. The van der Waals surface area contributed by atoms with E-state index in [9.17, 15) is 0 Å². The van der Waals surface area contributed by atoms with Crippen LogP contribution in [0.2, 0.25) is 0 Å². The number of benzene rings is 1. The lowest BCUT2D eigenvalue weighted by Gasteiger charge is -2.23. The lowest BCUT2D eigenvalue weighted by molar-refractivity contribution is -0.00921. The van der Waals surface area contributed by atoms with Crippen LogP contribution in [0.1, 0.15) is 45.6 Å². The molecule has 1 aliphatic carbocycles. The van der Waals surface area contributed by atoms with Crippen molar-refractivity contribution in [3.63, 3.8) is 0 Å². The second kappa shape index (κ2) is 7.75. The smallest absolute Gasteiger partial charge is 0.0598 e. The summed E-state index contributed by atoms with van der Waals surface area (Å²) in [5, 5.41) is 3.67. The summed E-state index contributed by atoms with van der Waals surface area (Å²) in [7, 11) is 0. The molecule has 1 N–H and O–H groups in total. The predicted octanol–water partition coefficient (Wildman–Crippen LogP) is 4.57. The zero-order valence-corrected chi connectivity index (χ0v) is 15.1. The Labute approximate surface area is 137 Å². The predicted molar refractivity (Wildman–Crippen MR) is 92.7 cm³/mol. The van der Waals surface area contributed by atoms with Crippen LogP contribution >= 0.6 is 15.9 Å². The average Bonchev–Trinajstić information content (AvgIpc) is 3.18. The van der Waals surface area contributed by atoms with Crippen molar-refractivity contribution in [3.05, 3.63) is 34.3 Å². The minimum atomic E-state index is -0.0375. The van der Waals surface area contributed by atoms with Crippen LogP contribution in [0.4, 0.5) is 0 Å². The molecule has 1 unspecified atom stereocenters. The Morgan fingerprint density at radius 2 is 2.10 bits per heavy atom. The molecule has 1 fully saturated rings. The summed E-state index contributed by atoms with van der Waals surface area (Å²) in [6.07, 6.45) is 4.93. The topological polar surface area (TPSA) is 21.3 Å². The normalized spacial score (nSPS) is 17.0. The number of hydrogen-bond acceptors (Lipinski definition) is 2. The third-order valence-corrected chi connectivity index (χ3v) is 4.24. The fraction of sp³-hybridized carbons (Fsp3) is 0.667. The summed E-state index contributed by atoms with van der Waals surface area (Å²) in [6.45, 7) is 8.31. The SMILES string of the molecule is CC(C)(C)OCCC(CNC1CC1)Cc1cccc(Br)c1. The molecule has 1 aromatic rings. The van der Waals surface area contributed by atoms with Gasteiger partial charge in [-0.15, -0.1) is 0 Å². The van der Waals surface area contributed by atoms with Crippen molar-refractivity contribution >= 4 is 15.9 Å². The Morgan fingerprint density at radius 3 is 2.71 bits per heavy atom. The van der Waals surface area contributed by atoms with Crippen molar-refractivity contribution in [3.8, 4) is 0 Å². The molecule has 0 saturated heterocycles. The quantitative estimate of drug-likeness (QED) is 0.739.